The van der Waals surface area contributed by atoms with E-state index in [9.17, 15) is 14.4 Å². The van der Waals surface area contributed by atoms with E-state index in [4.69, 9.17) is 9.47 Å². The predicted molar refractivity (Wildman–Crippen MR) is 140 cm³/mol. The van der Waals surface area contributed by atoms with Crippen molar-refractivity contribution in [3.8, 4) is 11.5 Å². The highest BCUT2D eigenvalue weighted by Crippen LogP contribution is 2.33. The van der Waals surface area contributed by atoms with Gasteiger partial charge in [-0.3, -0.25) is 19.4 Å². The van der Waals surface area contributed by atoms with Gasteiger partial charge in [0.15, 0.2) is 19.0 Å². The van der Waals surface area contributed by atoms with E-state index in [1.807, 2.05) is 50.2 Å². The second-order valence-corrected chi connectivity index (χ2v) is 9.02. The monoisotopic (exact) mass is 501 g/mol. The van der Waals surface area contributed by atoms with Gasteiger partial charge >= 0.3 is 0 Å². The number of ketones is 1. The lowest BCUT2D eigenvalue weighted by molar-refractivity contribution is -0.122. The minimum absolute atomic E-state index is 0.0770. The maximum absolute atomic E-state index is 12.8. The molecule has 0 saturated heterocycles. The topological polar surface area (TPSA) is 97.8 Å². The number of anilines is 1. The highest BCUT2D eigenvalue weighted by molar-refractivity contribution is 6.02. The minimum Gasteiger partial charge on any atom is -0.485 e. The lowest BCUT2D eigenvalue weighted by atomic mass is 10.1. The average Bonchev–Trinajstić information content (AvgIpc) is 2.89. The number of pyridine rings is 1. The number of nitrogens with zero attached hydrogens (tertiary/aromatic N) is 2. The van der Waals surface area contributed by atoms with Gasteiger partial charge in [-0.2, -0.15) is 0 Å². The number of aromatic nitrogens is 1. The molecule has 2 amide bonds. The third-order valence-electron chi connectivity index (χ3n) is 6.13. The number of hydrogen-bond acceptors (Lipinski definition) is 6. The maximum atomic E-state index is 12.8. The number of rotatable bonds is 11. The summed E-state index contributed by atoms with van der Waals surface area (Å²) in [7, 11) is 0. The quantitative estimate of drug-likeness (QED) is 0.401. The van der Waals surface area contributed by atoms with Crippen LogP contribution in [0.15, 0.2) is 60.8 Å². The van der Waals surface area contributed by atoms with Crippen molar-refractivity contribution in [2.75, 3.05) is 31.2 Å². The fourth-order valence-corrected chi connectivity index (χ4v) is 4.17. The molecule has 1 N–H and O–H groups in total. The molecule has 37 heavy (non-hydrogen) atoms. The van der Waals surface area contributed by atoms with Crippen LogP contribution in [-0.4, -0.2) is 48.9 Å². The molecule has 0 bridgehead atoms. The van der Waals surface area contributed by atoms with Crippen LogP contribution in [0.2, 0.25) is 0 Å². The Morgan fingerprint density at radius 1 is 1.11 bits per heavy atom. The molecule has 0 saturated carbocycles. The predicted octanol–water partition coefficient (Wildman–Crippen LogP) is 3.82. The zero-order valence-corrected chi connectivity index (χ0v) is 21.2. The second kappa shape index (κ2) is 12.2. The van der Waals surface area contributed by atoms with Gasteiger partial charge in [-0.1, -0.05) is 23.8 Å². The molecule has 1 aromatic heterocycles. The number of benzene rings is 2. The molecular formula is C29H31N3O5. The van der Waals surface area contributed by atoms with Gasteiger partial charge in [0.25, 0.3) is 5.91 Å². The Kier molecular flexibility index (Phi) is 8.51. The Balaban J connectivity index is 1.32. The number of aryl methyl sites for hydroxylation is 2. The number of fused-ring (bicyclic) bond motifs is 1. The van der Waals surface area contributed by atoms with Crippen LogP contribution in [-0.2, 0) is 16.0 Å². The lowest BCUT2D eigenvalue weighted by Gasteiger charge is -2.29. The molecule has 8 heteroatoms. The summed E-state index contributed by atoms with van der Waals surface area (Å²) in [4.78, 5) is 43.5. The van der Waals surface area contributed by atoms with Crippen molar-refractivity contribution >= 4 is 23.3 Å². The van der Waals surface area contributed by atoms with Gasteiger partial charge in [-0.15, -0.1) is 0 Å². The number of ether oxygens (including phenoxy) is 2. The summed E-state index contributed by atoms with van der Waals surface area (Å²) in [5, 5.41) is 2.89. The van der Waals surface area contributed by atoms with Crippen molar-refractivity contribution in [3.05, 3.63) is 83.2 Å². The molecular weight excluding hydrogens is 470 g/mol. The fraction of sp³-hybridized carbons (Fsp3) is 0.310. The van der Waals surface area contributed by atoms with Gasteiger partial charge in [0.05, 0.1) is 5.69 Å². The van der Waals surface area contributed by atoms with E-state index >= 15 is 0 Å². The third kappa shape index (κ3) is 6.94. The van der Waals surface area contributed by atoms with Crippen molar-refractivity contribution in [3.63, 3.8) is 0 Å². The van der Waals surface area contributed by atoms with Crippen LogP contribution in [0.25, 0.3) is 0 Å². The summed E-state index contributed by atoms with van der Waals surface area (Å²) in [6.45, 7) is 4.60. The summed E-state index contributed by atoms with van der Waals surface area (Å²) in [6, 6.07) is 16.5. The number of hydrogen-bond donors (Lipinski definition) is 1. The highest BCUT2D eigenvalue weighted by atomic mass is 16.5. The molecule has 2 aromatic carbocycles. The van der Waals surface area contributed by atoms with Crippen molar-refractivity contribution in [1.82, 2.24) is 10.3 Å². The lowest BCUT2D eigenvalue weighted by Crippen LogP contribution is -2.40. The summed E-state index contributed by atoms with van der Waals surface area (Å²) in [5.41, 5.74) is 3.97. The van der Waals surface area contributed by atoms with Crippen LogP contribution in [0.4, 0.5) is 5.69 Å². The average molecular weight is 502 g/mol. The molecule has 1 aliphatic heterocycles. The summed E-state index contributed by atoms with van der Waals surface area (Å²) < 4.78 is 11.3. The van der Waals surface area contributed by atoms with E-state index in [-0.39, 0.29) is 37.2 Å². The van der Waals surface area contributed by atoms with Crippen LogP contribution in [0, 0.1) is 13.8 Å². The molecule has 0 unspecified atom stereocenters. The van der Waals surface area contributed by atoms with Crippen molar-refractivity contribution in [1.29, 1.82) is 0 Å². The molecule has 4 rings (SSSR count). The smallest absolute Gasteiger partial charge is 0.265 e. The van der Waals surface area contributed by atoms with Crippen LogP contribution in [0.1, 0.15) is 40.0 Å². The molecule has 0 atom stereocenters. The van der Waals surface area contributed by atoms with Gasteiger partial charge < -0.3 is 19.7 Å². The Hall–Kier alpha value is -4.20. The van der Waals surface area contributed by atoms with Crippen LogP contribution in [0.5, 0.6) is 11.5 Å². The van der Waals surface area contributed by atoms with Gasteiger partial charge in [0.1, 0.15) is 11.5 Å². The van der Waals surface area contributed by atoms with E-state index in [2.05, 4.69) is 10.3 Å². The maximum Gasteiger partial charge on any atom is 0.265 e. The summed E-state index contributed by atoms with van der Waals surface area (Å²) in [5.74, 6) is 0.707. The Morgan fingerprint density at radius 3 is 2.76 bits per heavy atom. The van der Waals surface area contributed by atoms with Crippen LogP contribution in [0.3, 0.4) is 0 Å². The molecule has 3 aromatic rings. The standard InChI is InChI=1S/C29H31N3O5/c1-20-8-10-26(21(2)16-20)36-18-25(33)22-9-11-27-24(17-22)32(29(35)19-37-27)15-5-7-28(34)31-14-12-23-6-3-4-13-30-23/h3-4,6,8-11,13,16-17H,5,7,12,14-15,18-19H2,1-2H3,(H,31,34). The number of carbonyl (C=O) groups is 3. The van der Waals surface area contributed by atoms with E-state index in [0.717, 1.165) is 16.8 Å². The largest absolute Gasteiger partial charge is 0.485 e. The Bertz CT molecular complexity index is 1280. The molecule has 8 nitrogen and oxygen atoms in total. The summed E-state index contributed by atoms with van der Waals surface area (Å²) >= 11 is 0. The molecule has 0 aliphatic carbocycles. The van der Waals surface area contributed by atoms with Crippen molar-refractivity contribution < 1.29 is 23.9 Å². The van der Waals surface area contributed by atoms with Crippen molar-refractivity contribution in [2.24, 2.45) is 0 Å². The van der Waals surface area contributed by atoms with E-state index in [1.54, 1.807) is 29.3 Å². The van der Waals surface area contributed by atoms with Crippen LogP contribution < -0.4 is 19.7 Å². The summed E-state index contributed by atoms with van der Waals surface area (Å²) in [6.07, 6.45) is 3.15. The third-order valence-corrected chi connectivity index (χ3v) is 6.13. The van der Waals surface area contributed by atoms with E-state index in [1.165, 1.54) is 0 Å². The first-order chi connectivity index (χ1) is 17.9. The zero-order valence-electron chi connectivity index (χ0n) is 21.2. The van der Waals surface area contributed by atoms with Gasteiger partial charge in [0.2, 0.25) is 5.91 Å². The van der Waals surface area contributed by atoms with E-state index < -0.39 is 0 Å². The number of carbonyl (C=O) groups excluding carboxylic acids is 3. The Labute approximate surface area is 216 Å². The molecule has 192 valence electrons. The molecule has 0 fully saturated rings. The first-order valence-corrected chi connectivity index (χ1v) is 12.4. The zero-order chi connectivity index (χ0) is 26.2. The fourth-order valence-electron chi connectivity index (χ4n) is 4.17. The molecule has 0 spiro atoms. The second-order valence-electron chi connectivity index (χ2n) is 9.02. The SMILES string of the molecule is Cc1ccc(OCC(=O)c2ccc3c(c2)N(CCCC(=O)NCCc2ccccn2)C(=O)CO3)c(C)c1. The Morgan fingerprint density at radius 2 is 1.97 bits per heavy atom. The molecule has 0 radical (unpaired) electrons. The molecule has 2 heterocycles. The molecule has 1 aliphatic rings. The number of amides is 2. The van der Waals surface area contributed by atoms with Gasteiger partial charge in [-0.25, -0.2) is 0 Å². The normalized spacial score (nSPS) is 12.5. The minimum atomic E-state index is -0.209. The first-order valence-electron chi connectivity index (χ1n) is 12.4. The van der Waals surface area contributed by atoms with Crippen LogP contribution >= 0.6 is 0 Å². The van der Waals surface area contributed by atoms with Gasteiger partial charge in [0, 0.05) is 43.4 Å². The van der Waals surface area contributed by atoms with Crippen molar-refractivity contribution in [2.45, 2.75) is 33.1 Å². The first kappa shape index (κ1) is 25.9. The van der Waals surface area contributed by atoms with E-state index in [0.29, 0.717) is 48.7 Å². The highest BCUT2D eigenvalue weighted by Gasteiger charge is 2.26. The number of Topliss-reactive ketones (excluding diaryl/α,β-unsaturated/α-hetero) is 1. The number of nitrogens with one attached hydrogen (secondary N) is 1. The van der Waals surface area contributed by atoms with Gasteiger partial charge in [-0.05, 0) is 62.2 Å².